The van der Waals surface area contributed by atoms with Crippen molar-refractivity contribution in [3.63, 3.8) is 0 Å². The summed E-state index contributed by atoms with van der Waals surface area (Å²) in [4.78, 5) is 10.4. The third-order valence-corrected chi connectivity index (χ3v) is 3.00. The normalized spacial score (nSPS) is 10.2. The Hall–Kier alpha value is -1.78. The number of hydrogen-bond donors (Lipinski definition) is 0. The van der Waals surface area contributed by atoms with Gasteiger partial charge in [-0.15, -0.1) is 0 Å². The Labute approximate surface area is 119 Å². The predicted molar refractivity (Wildman–Crippen MR) is 73.9 cm³/mol. The standard InChI is InChI=1S/C13H9Cl2NO3/c14-10-5-6-13(11(15)7-10)19-8-9-3-1-2-4-12(9)16(17)18/h1-7H,8H2. The summed E-state index contributed by atoms with van der Waals surface area (Å²) in [5.41, 5.74) is 0.506. The van der Waals surface area contributed by atoms with Crippen molar-refractivity contribution in [3.8, 4) is 5.75 Å². The maximum absolute atomic E-state index is 10.9. The number of benzene rings is 2. The van der Waals surface area contributed by atoms with Gasteiger partial charge in [0.25, 0.3) is 5.69 Å². The lowest BCUT2D eigenvalue weighted by atomic mass is 10.2. The van der Waals surface area contributed by atoms with Gasteiger partial charge in [0.15, 0.2) is 0 Å². The smallest absolute Gasteiger partial charge is 0.276 e. The first-order chi connectivity index (χ1) is 9.08. The summed E-state index contributed by atoms with van der Waals surface area (Å²) in [5.74, 6) is 0.434. The second kappa shape index (κ2) is 5.91. The average Bonchev–Trinajstić information content (AvgIpc) is 2.38. The molecule has 0 saturated heterocycles. The largest absolute Gasteiger partial charge is 0.487 e. The molecule has 0 fully saturated rings. The van der Waals surface area contributed by atoms with Crippen LogP contribution in [0.15, 0.2) is 42.5 Å². The maximum Gasteiger partial charge on any atom is 0.276 e. The van der Waals surface area contributed by atoms with Crippen LogP contribution < -0.4 is 4.74 Å². The predicted octanol–water partition coefficient (Wildman–Crippen LogP) is 4.48. The Bertz CT molecular complexity index is 617. The lowest BCUT2D eigenvalue weighted by molar-refractivity contribution is -0.385. The van der Waals surface area contributed by atoms with Gasteiger partial charge in [0.1, 0.15) is 12.4 Å². The van der Waals surface area contributed by atoms with E-state index in [1.807, 2.05) is 0 Å². The number of nitro groups is 1. The number of rotatable bonds is 4. The van der Waals surface area contributed by atoms with Crippen LogP contribution in [0.5, 0.6) is 5.75 Å². The molecule has 0 saturated carbocycles. The number of halogens is 2. The third kappa shape index (κ3) is 3.36. The van der Waals surface area contributed by atoms with E-state index >= 15 is 0 Å². The molecule has 0 amide bonds. The van der Waals surface area contributed by atoms with Crippen LogP contribution in [0.3, 0.4) is 0 Å². The SMILES string of the molecule is O=[N+]([O-])c1ccccc1COc1ccc(Cl)cc1Cl. The van der Waals surface area contributed by atoms with Crippen molar-refractivity contribution in [2.45, 2.75) is 6.61 Å². The summed E-state index contributed by atoms with van der Waals surface area (Å²) in [6.07, 6.45) is 0. The highest BCUT2D eigenvalue weighted by molar-refractivity contribution is 6.35. The highest BCUT2D eigenvalue weighted by atomic mass is 35.5. The second-order valence-corrected chi connectivity index (χ2v) is 4.59. The number of hydrogen-bond acceptors (Lipinski definition) is 3. The van der Waals surface area contributed by atoms with Gasteiger partial charge in [-0.3, -0.25) is 10.1 Å². The molecule has 0 atom stereocenters. The van der Waals surface area contributed by atoms with E-state index in [1.54, 1.807) is 36.4 Å². The monoisotopic (exact) mass is 297 g/mol. The fraction of sp³-hybridized carbons (Fsp3) is 0.0769. The van der Waals surface area contributed by atoms with Gasteiger partial charge in [0.05, 0.1) is 15.5 Å². The summed E-state index contributed by atoms with van der Waals surface area (Å²) >= 11 is 11.7. The van der Waals surface area contributed by atoms with Crippen LogP contribution in [0, 0.1) is 10.1 Å². The molecule has 0 aromatic heterocycles. The Balaban J connectivity index is 2.17. The van der Waals surface area contributed by atoms with Crippen molar-refractivity contribution >= 4 is 28.9 Å². The van der Waals surface area contributed by atoms with E-state index in [-0.39, 0.29) is 12.3 Å². The molecule has 0 N–H and O–H groups in total. The van der Waals surface area contributed by atoms with Crippen molar-refractivity contribution in [3.05, 3.63) is 68.2 Å². The lowest BCUT2D eigenvalue weighted by Gasteiger charge is -2.08. The quantitative estimate of drug-likeness (QED) is 0.617. The first kappa shape index (κ1) is 13.6. The van der Waals surface area contributed by atoms with Crippen LogP contribution in [0.2, 0.25) is 10.0 Å². The van der Waals surface area contributed by atoms with Gasteiger partial charge in [-0.25, -0.2) is 0 Å². The van der Waals surface area contributed by atoms with Crippen molar-refractivity contribution in [2.24, 2.45) is 0 Å². The molecule has 2 aromatic carbocycles. The average molecular weight is 298 g/mol. The van der Waals surface area contributed by atoms with E-state index in [9.17, 15) is 10.1 Å². The first-order valence-corrected chi connectivity index (χ1v) is 6.13. The molecular weight excluding hydrogens is 289 g/mol. The first-order valence-electron chi connectivity index (χ1n) is 5.38. The maximum atomic E-state index is 10.9. The van der Waals surface area contributed by atoms with Crippen molar-refractivity contribution in [1.29, 1.82) is 0 Å². The molecule has 0 unspecified atom stereocenters. The van der Waals surface area contributed by atoms with Gasteiger partial charge in [-0.1, -0.05) is 35.3 Å². The Kier molecular flexibility index (Phi) is 4.24. The zero-order valence-electron chi connectivity index (χ0n) is 9.68. The van der Waals surface area contributed by atoms with Crippen molar-refractivity contribution < 1.29 is 9.66 Å². The minimum Gasteiger partial charge on any atom is -0.487 e. The molecule has 4 nitrogen and oxygen atoms in total. The molecule has 19 heavy (non-hydrogen) atoms. The summed E-state index contributed by atoms with van der Waals surface area (Å²) in [7, 11) is 0. The molecule has 0 bridgehead atoms. The topological polar surface area (TPSA) is 52.4 Å². The molecule has 0 radical (unpaired) electrons. The molecule has 2 aromatic rings. The van der Waals surface area contributed by atoms with Gasteiger partial charge in [-0.05, 0) is 24.3 Å². The Morgan fingerprint density at radius 1 is 1.16 bits per heavy atom. The minimum absolute atomic E-state index is 0.0209. The van der Waals surface area contributed by atoms with E-state index in [4.69, 9.17) is 27.9 Å². The molecule has 0 aliphatic carbocycles. The van der Waals surface area contributed by atoms with Crippen LogP contribution in [0.25, 0.3) is 0 Å². The zero-order chi connectivity index (χ0) is 13.8. The number of nitro benzene ring substituents is 1. The molecule has 0 spiro atoms. The van der Waals surface area contributed by atoms with Gasteiger partial charge < -0.3 is 4.74 Å². The van der Waals surface area contributed by atoms with E-state index < -0.39 is 4.92 Å². The van der Waals surface area contributed by atoms with Crippen LogP contribution in [0.1, 0.15) is 5.56 Å². The van der Waals surface area contributed by atoms with Gasteiger partial charge >= 0.3 is 0 Å². The van der Waals surface area contributed by atoms with Crippen molar-refractivity contribution in [1.82, 2.24) is 0 Å². The van der Waals surface area contributed by atoms with Crippen LogP contribution >= 0.6 is 23.2 Å². The van der Waals surface area contributed by atoms with Gasteiger partial charge in [-0.2, -0.15) is 0 Å². The molecule has 0 aliphatic heterocycles. The Morgan fingerprint density at radius 2 is 1.89 bits per heavy atom. The third-order valence-electron chi connectivity index (χ3n) is 2.47. The summed E-state index contributed by atoms with van der Waals surface area (Å²) < 4.78 is 5.47. The second-order valence-electron chi connectivity index (χ2n) is 3.75. The zero-order valence-corrected chi connectivity index (χ0v) is 11.2. The summed E-state index contributed by atoms with van der Waals surface area (Å²) in [6, 6.07) is 11.2. The van der Waals surface area contributed by atoms with Crippen molar-refractivity contribution in [2.75, 3.05) is 0 Å². The van der Waals surface area contributed by atoms with E-state index in [1.165, 1.54) is 6.07 Å². The highest BCUT2D eigenvalue weighted by Gasteiger charge is 2.13. The number of para-hydroxylation sites is 1. The van der Waals surface area contributed by atoms with E-state index in [0.29, 0.717) is 21.4 Å². The molecule has 2 rings (SSSR count). The van der Waals surface area contributed by atoms with Gasteiger partial charge in [0, 0.05) is 11.1 Å². The highest BCUT2D eigenvalue weighted by Crippen LogP contribution is 2.29. The fourth-order valence-corrected chi connectivity index (χ4v) is 2.02. The molecular formula is C13H9Cl2NO3. The lowest BCUT2D eigenvalue weighted by Crippen LogP contribution is -2.00. The van der Waals surface area contributed by atoms with E-state index in [0.717, 1.165) is 0 Å². The van der Waals surface area contributed by atoms with Gasteiger partial charge in [0.2, 0.25) is 0 Å². The molecule has 6 heteroatoms. The summed E-state index contributed by atoms with van der Waals surface area (Å²) in [6.45, 7) is 0.0680. The number of nitrogens with zero attached hydrogens (tertiary/aromatic N) is 1. The number of ether oxygens (including phenoxy) is 1. The molecule has 98 valence electrons. The summed E-state index contributed by atoms with van der Waals surface area (Å²) in [5, 5.41) is 11.7. The molecule has 0 heterocycles. The fourth-order valence-electron chi connectivity index (χ4n) is 1.56. The van der Waals surface area contributed by atoms with E-state index in [2.05, 4.69) is 0 Å². The minimum atomic E-state index is -0.442. The van der Waals surface area contributed by atoms with Crippen LogP contribution in [-0.2, 0) is 6.61 Å². The van der Waals surface area contributed by atoms with Crippen LogP contribution in [-0.4, -0.2) is 4.92 Å². The Morgan fingerprint density at radius 3 is 2.58 bits per heavy atom. The molecule has 0 aliphatic rings. The van der Waals surface area contributed by atoms with Crippen LogP contribution in [0.4, 0.5) is 5.69 Å².